The summed E-state index contributed by atoms with van der Waals surface area (Å²) in [6, 6.07) is 9.73. The van der Waals surface area contributed by atoms with Gasteiger partial charge >= 0.3 is 0 Å². The third-order valence-corrected chi connectivity index (χ3v) is 8.50. The van der Waals surface area contributed by atoms with E-state index in [1.54, 1.807) is 9.58 Å². The van der Waals surface area contributed by atoms with Crippen molar-refractivity contribution in [2.45, 2.75) is 70.6 Å². The van der Waals surface area contributed by atoms with Gasteiger partial charge in [0.05, 0.1) is 32.1 Å². The first kappa shape index (κ1) is 32.0. The highest BCUT2D eigenvalue weighted by atomic mass is 16.7. The number of benzene rings is 1. The van der Waals surface area contributed by atoms with Gasteiger partial charge in [0.15, 0.2) is 5.76 Å². The number of allylic oxidation sites excluding steroid dienone is 1. The summed E-state index contributed by atoms with van der Waals surface area (Å²) in [5.74, 6) is -0.635. The number of amides is 1. The zero-order chi connectivity index (χ0) is 30.1. The molecular formula is C32H47N3O7. The smallest absolute Gasteiger partial charge is 0.288 e. The molecule has 2 aromatic rings. The summed E-state index contributed by atoms with van der Waals surface area (Å²) >= 11 is 0. The molecule has 1 amide bonds. The fourth-order valence-corrected chi connectivity index (χ4v) is 6.15. The van der Waals surface area contributed by atoms with E-state index in [0.717, 1.165) is 37.1 Å². The van der Waals surface area contributed by atoms with Crippen LogP contribution in [0.1, 0.15) is 62.6 Å². The van der Waals surface area contributed by atoms with E-state index in [-0.39, 0.29) is 42.4 Å². The molecule has 10 heteroatoms. The number of aliphatic hydroxyl groups excluding tert-OH is 1. The molecule has 10 nitrogen and oxygen atoms in total. The average Bonchev–Trinajstić information content (AvgIpc) is 3.24. The molecule has 1 aromatic heterocycles. The number of ether oxygens (including phenoxy) is 4. The molecule has 0 radical (unpaired) electrons. The quantitative estimate of drug-likeness (QED) is 0.338. The number of carbonyl (C=O) groups excluding carboxylic acids is 1. The lowest BCUT2D eigenvalue weighted by Gasteiger charge is -2.38. The molecule has 42 heavy (non-hydrogen) atoms. The summed E-state index contributed by atoms with van der Waals surface area (Å²) in [5.41, 5.74) is 2.08. The first-order chi connectivity index (χ1) is 20.4. The van der Waals surface area contributed by atoms with E-state index in [0.29, 0.717) is 38.4 Å². The maximum absolute atomic E-state index is 14.1. The number of aromatic nitrogens is 2. The highest BCUT2D eigenvalue weighted by molar-refractivity contribution is 5.92. The van der Waals surface area contributed by atoms with Crippen LogP contribution in [0.3, 0.4) is 0 Å². The number of hydrogen-bond acceptors (Lipinski definition) is 7. The van der Waals surface area contributed by atoms with E-state index >= 15 is 0 Å². The number of para-hydroxylation sites is 1. The van der Waals surface area contributed by atoms with Crippen molar-refractivity contribution < 1.29 is 28.8 Å². The molecule has 1 saturated carbocycles. The van der Waals surface area contributed by atoms with Gasteiger partial charge in [0.25, 0.3) is 11.5 Å². The zero-order valence-corrected chi connectivity index (χ0v) is 25.5. The number of nitrogens with zero attached hydrogens (tertiary/aromatic N) is 3. The average molecular weight is 586 g/mol. The van der Waals surface area contributed by atoms with Crippen molar-refractivity contribution in [1.82, 2.24) is 14.3 Å². The zero-order valence-electron chi connectivity index (χ0n) is 25.5. The maximum atomic E-state index is 14.1. The minimum absolute atomic E-state index is 0.0304. The number of hydrogen-bond donors (Lipinski definition) is 1. The van der Waals surface area contributed by atoms with E-state index in [1.165, 1.54) is 6.42 Å². The SMILES string of the molecule is CCO[C@@H]1OC(C(=O)N(C)C2CCCCC2)=C[C@H](c2c(C)n(C)n(-c3ccccc3)c2=O)[C@H]1CCOCCOCCO. The molecule has 0 spiro atoms. The molecule has 0 bridgehead atoms. The first-order valence-corrected chi connectivity index (χ1v) is 15.3. The Labute approximate surface area is 248 Å². The highest BCUT2D eigenvalue weighted by Gasteiger charge is 2.42. The normalized spacial score (nSPS) is 21.2. The van der Waals surface area contributed by atoms with E-state index in [2.05, 4.69) is 0 Å². The van der Waals surface area contributed by atoms with Crippen molar-refractivity contribution in [3.63, 3.8) is 0 Å². The molecule has 4 rings (SSSR count). The number of aliphatic hydroxyl groups is 1. The molecule has 3 atom stereocenters. The Kier molecular flexibility index (Phi) is 11.8. The fraction of sp³-hybridized carbons (Fsp3) is 0.625. The molecule has 1 aliphatic carbocycles. The monoisotopic (exact) mass is 585 g/mol. The second-order valence-electron chi connectivity index (χ2n) is 11.1. The van der Waals surface area contributed by atoms with E-state index < -0.39 is 12.2 Å². The van der Waals surface area contributed by atoms with E-state index in [1.807, 2.05) is 69.0 Å². The van der Waals surface area contributed by atoms with Crippen LogP contribution in [0.5, 0.6) is 0 Å². The maximum Gasteiger partial charge on any atom is 0.288 e. The van der Waals surface area contributed by atoms with Gasteiger partial charge in [-0.1, -0.05) is 37.5 Å². The van der Waals surface area contributed by atoms with Gasteiger partial charge in [-0.05, 0) is 51.3 Å². The van der Waals surface area contributed by atoms with Gasteiger partial charge in [-0.2, -0.15) is 0 Å². The molecular weight excluding hydrogens is 538 g/mol. The van der Waals surface area contributed by atoms with Crippen LogP contribution in [0.4, 0.5) is 0 Å². The molecule has 1 aliphatic heterocycles. The molecule has 0 saturated heterocycles. The van der Waals surface area contributed by atoms with Crippen LogP contribution in [0.2, 0.25) is 0 Å². The van der Waals surface area contributed by atoms with Gasteiger partial charge in [0.1, 0.15) is 0 Å². The lowest BCUT2D eigenvalue weighted by molar-refractivity contribution is -0.172. The Bertz CT molecular complexity index is 1230. The Hall–Kier alpha value is -2.92. The number of likely N-dealkylation sites (N-methyl/N-ethyl adjacent to an activating group) is 1. The minimum Gasteiger partial charge on any atom is -0.459 e. The Morgan fingerprint density at radius 2 is 1.76 bits per heavy atom. The second-order valence-corrected chi connectivity index (χ2v) is 11.1. The van der Waals surface area contributed by atoms with Gasteiger partial charge < -0.3 is 29.0 Å². The third kappa shape index (κ3) is 7.34. The molecule has 1 aromatic carbocycles. The molecule has 2 aliphatic rings. The van der Waals surface area contributed by atoms with Crippen LogP contribution in [0, 0.1) is 12.8 Å². The van der Waals surface area contributed by atoms with Gasteiger partial charge in [-0.25, -0.2) is 4.68 Å². The van der Waals surface area contributed by atoms with Gasteiger partial charge in [-0.3, -0.25) is 14.3 Å². The van der Waals surface area contributed by atoms with Crippen molar-refractivity contribution in [2.24, 2.45) is 13.0 Å². The Morgan fingerprint density at radius 1 is 1.07 bits per heavy atom. The summed E-state index contributed by atoms with van der Waals surface area (Å²) in [7, 11) is 3.73. The molecule has 0 unspecified atom stereocenters. The highest BCUT2D eigenvalue weighted by Crippen LogP contribution is 2.40. The Morgan fingerprint density at radius 3 is 2.43 bits per heavy atom. The molecule has 1 N–H and O–H groups in total. The van der Waals surface area contributed by atoms with E-state index in [9.17, 15) is 9.59 Å². The third-order valence-electron chi connectivity index (χ3n) is 8.50. The standard InChI is InChI=1S/C32H47N3O7/c1-5-41-32-26(16-18-39-20-21-40-19-17-36)27(22-28(42-32)30(37)33(3)24-12-8-6-9-13-24)29-23(2)34(4)35(31(29)38)25-14-10-7-11-15-25/h7,10-11,14-15,22,24,26-27,32,36H,5-6,8-9,12-13,16-21H2,1-4H3/t26-,27+,32-/m1/s1. The van der Waals surface area contributed by atoms with Crippen LogP contribution in [0.15, 0.2) is 47.0 Å². The Balaban J connectivity index is 1.70. The van der Waals surface area contributed by atoms with Crippen molar-refractivity contribution in [2.75, 3.05) is 46.7 Å². The van der Waals surface area contributed by atoms with Crippen molar-refractivity contribution >= 4 is 5.91 Å². The predicted molar refractivity (Wildman–Crippen MR) is 160 cm³/mol. The minimum atomic E-state index is -0.720. The van der Waals surface area contributed by atoms with Crippen LogP contribution in [-0.2, 0) is 30.8 Å². The molecule has 1 fully saturated rings. The first-order valence-electron chi connectivity index (χ1n) is 15.3. The summed E-state index contributed by atoms with van der Waals surface area (Å²) in [4.78, 5) is 29.7. The second kappa shape index (κ2) is 15.5. The van der Waals surface area contributed by atoms with Crippen LogP contribution >= 0.6 is 0 Å². The summed E-state index contributed by atoms with van der Waals surface area (Å²) in [6.45, 7) is 5.63. The number of carbonyl (C=O) groups is 1. The predicted octanol–water partition coefficient (Wildman–Crippen LogP) is 3.67. The summed E-state index contributed by atoms with van der Waals surface area (Å²) in [5, 5.41) is 8.91. The van der Waals surface area contributed by atoms with Crippen LogP contribution < -0.4 is 5.56 Å². The summed E-state index contributed by atoms with van der Waals surface area (Å²) < 4.78 is 27.1. The van der Waals surface area contributed by atoms with Gasteiger partial charge in [0.2, 0.25) is 6.29 Å². The summed E-state index contributed by atoms with van der Waals surface area (Å²) in [6.07, 6.45) is 7.05. The molecule has 232 valence electrons. The topological polar surface area (TPSA) is 104 Å². The van der Waals surface area contributed by atoms with Crippen molar-refractivity contribution in [1.29, 1.82) is 0 Å². The van der Waals surface area contributed by atoms with Gasteiger partial charge in [0, 0.05) is 56.4 Å². The molecule has 2 heterocycles. The van der Waals surface area contributed by atoms with Crippen LogP contribution in [-0.4, -0.2) is 84.3 Å². The van der Waals surface area contributed by atoms with E-state index in [4.69, 9.17) is 24.1 Å². The van der Waals surface area contributed by atoms with Crippen LogP contribution in [0.25, 0.3) is 5.69 Å². The van der Waals surface area contributed by atoms with Crippen molar-refractivity contribution in [3.8, 4) is 5.69 Å². The number of rotatable bonds is 14. The lowest BCUT2D eigenvalue weighted by Crippen LogP contribution is -2.44. The lowest BCUT2D eigenvalue weighted by atomic mass is 9.81. The largest absolute Gasteiger partial charge is 0.459 e. The van der Waals surface area contributed by atoms with Crippen molar-refractivity contribution in [3.05, 3.63) is 63.8 Å². The fourth-order valence-electron chi connectivity index (χ4n) is 6.15. The van der Waals surface area contributed by atoms with Gasteiger partial charge in [-0.15, -0.1) is 0 Å².